The molecular weight excluding hydrogens is 252 g/mol. The summed E-state index contributed by atoms with van der Waals surface area (Å²) in [6.07, 6.45) is 1.78. The molecule has 2 atom stereocenters. The van der Waals surface area contributed by atoms with Crippen LogP contribution in [-0.2, 0) is 10.0 Å². The number of sulfonamides is 1. The van der Waals surface area contributed by atoms with Crippen molar-refractivity contribution in [2.75, 3.05) is 26.2 Å². The van der Waals surface area contributed by atoms with Gasteiger partial charge in [0, 0.05) is 6.04 Å². The number of hydrogen-bond donors (Lipinski definition) is 2. The van der Waals surface area contributed by atoms with Gasteiger partial charge in [0.15, 0.2) is 0 Å². The van der Waals surface area contributed by atoms with Crippen LogP contribution in [0.2, 0.25) is 0 Å². The van der Waals surface area contributed by atoms with Gasteiger partial charge in [0.2, 0.25) is 10.0 Å². The van der Waals surface area contributed by atoms with Crippen molar-refractivity contribution in [3.05, 3.63) is 0 Å². The lowest BCUT2D eigenvalue weighted by Gasteiger charge is -2.20. The number of nitrogens with zero attached hydrogens (tertiary/aromatic N) is 1. The molecule has 0 aromatic heterocycles. The highest BCUT2D eigenvalue weighted by Gasteiger charge is 2.21. The molecule has 0 saturated heterocycles. The van der Waals surface area contributed by atoms with E-state index in [0.29, 0.717) is 0 Å². The lowest BCUT2D eigenvalue weighted by molar-refractivity contribution is 0.290. The van der Waals surface area contributed by atoms with E-state index < -0.39 is 15.3 Å². The van der Waals surface area contributed by atoms with Crippen LogP contribution in [0.4, 0.5) is 0 Å². The zero-order valence-electron chi connectivity index (χ0n) is 12.0. The first-order valence-electron chi connectivity index (χ1n) is 6.71. The summed E-state index contributed by atoms with van der Waals surface area (Å²) in [5, 5.41) is 8.12. The fourth-order valence-corrected chi connectivity index (χ4v) is 2.82. The van der Waals surface area contributed by atoms with Crippen molar-refractivity contribution in [3.63, 3.8) is 0 Å². The summed E-state index contributed by atoms with van der Waals surface area (Å²) < 4.78 is 26.0. The molecule has 0 aromatic carbocycles. The molecule has 0 aliphatic heterocycles. The third-order valence-electron chi connectivity index (χ3n) is 3.16. The van der Waals surface area contributed by atoms with E-state index in [9.17, 15) is 8.42 Å². The second-order valence-electron chi connectivity index (χ2n) is 4.73. The lowest BCUT2D eigenvalue weighted by atomic mass is 10.2. The average Bonchev–Trinajstić information content (AvgIpc) is 2.32. The molecular formula is C12H28N2O3S. The van der Waals surface area contributed by atoms with Crippen LogP contribution in [0.25, 0.3) is 0 Å². The van der Waals surface area contributed by atoms with Gasteiger partial charge in [-0.25, -0.2) is 13.1 Å². The highest BCUT2D eigenvalue weighted by Crippen LogP contribution is 2.04. The molecule has 0 bridgehead atoms. The lowest BCUT2D eigenvalue weighted by Crippen LogP contribution is -2.40. The summed E-state index contributed by atoms with van der Waals surface area (Å²) in [4.78, 5) is 2.32. The molecule has 0 aliphatic rings. The van der Waals surface area contributed by atoms with E-state index in [0.717, 1.165) is 32.5 Å². The van der Waals surface area contributed by atoms with E-state index in [1.54, 1.807) is 0 Å². The van der Waals surface area contributed by atoms with Gasteiger partial charge in [0.1, 0.15) is 0 Å². The summed E-state index contributed by atoms with van der Waals surface area (Å²) in [6, 6.07) is -0.0837. The van der Waals surface area contributed by atoms with E-state index in [1.807, 2.05) is 6.92 Å². The van der Waals surface area contributed by atoms with Gasteiger partial charge >= 0.3 is 0 Å². The molecule has 6 heteroatoms. The summed E-state index contributed by atoms with van der Waals surface area (Å²) in [5.41, 5.74) is 0. The Morgan fingerprint density at radius 2 is 1.78 bits per heavy atom. The predicted octanol–water partition coefficient (Wildman–Crippen LogP) is 0.797. The molecule has 5 nitrogen and oxygen atoms in total. The van der Waals surface area contributed by atoms with E-state index in [1.165, 1.54) is 6.92 Å². The SMILES string of the molecule is CCN(CC)CCCC(C)NS(=O)(=O)C(C)CO. The molecule has 0 aromatic rings. The van der Waals surface area contributed by atoms with Gasteiger partial charge in [-0.1, -0.05) is 13.8 Å². The van der Waals surface area contributed by atoms with Crippen LogP contribution in [0.3, 0.4) is 0 Å². The molecule has 2 N–H and O–H groups in total. The molecule has 0 heterocycles. The summed E-state index contributed by atoms with van der Waals surface area (Å²) >= 11 is 0. The van der Waals surface area contributed by atoms with Crippen LogP contribution in [0, 0.1) is 0 Å². The van der Waals surface area contributed by atoms with Gasteiger partial charge < -0.3 is 10.0 Å². The standard InChI is InChI=1S/C12H28N2O3S/c1-5-14(6-2)9-7-8-11(3)13-18(16,17)12(4)10-15/h11-13,15H,5-10H2,1-4H3. The molecule has 0 spiro atoms. The van der Waals surface area contributed by atoms with E-state index >= 15 is 0 Å². The molecule has 0 amide bonds. The molecule has 0 radical (unpaired) electrons. The average molecular weight is 280 g/mol. The monoisotopic (exact) mass is 280 g/mol. The minimum absolute atomic E-state index is 0.0837. The molecule has 2 unspecified atom stereocenters. The molecule has 0 aliphatic carbocycles. The van der Waals surface area contributed by atoms with Crippen molar-refractivity contribution in [1.82, 2.24) is 9.62 Å². The Morgan fingerprint density at radius 1 is 1.22 bits per heavy atom. The van der Waals surface area contributed by atoms with E-state index in [4.69, 9.17) is 5.11 Å². The van der Waals surface area contributed by atoms with Gasteiger partial charge in [-0.05, 0) is 46.3 Å². The van der Waals surface area contributed by atoms with Gasteiger partial charge in [0.25, 0.3) is 0 Å². The van der Waals surface area contributed by atoms with Crippen molar-refractivity contribution in [2.45, 2.75) is 51.8 Å². The Morgan fingerprint density at radius 3 is 2.22 bits per heavy atom. The van der Waals surface area contributed by atoms with Crippen LogP contribution >= 0.6 is 0 Å². The Kier molecular flexibility index (Phi) is 8.77. The number of rotatable bonds is 10. The van der Waals surface area contributed by atoms with E-state index in [-0.39, 0.29) is 12.6 Å². The van der Waals surface area contributed by atoms with Crippen molar-refractivity contribution in [1.29, 1.82) is 0 Å². The van der Waals surface area contributed by atoms with Crippen molar-refractivity contribution in [2.24, 2.45) is 0 Å². The second kappa shape index (κ2) is 8.85. The molecule has 110 valence electrons. The normalized spacial score (nSPS) is 15.9. The van der Waals surface area contributed by atoms with Crippen molar-refractivity contribution >= 4 is 10.0 Å². The molecule has 0 saturated carbocycles. The third kappa shape index (κ3) is 6.68. The predicted molar refractivity (Wildman–Crippen MR) is 75.1 cm³/mol. The fourth-order valence-electron chi connectivity index (χ4n) is 1.71. The number of hydrogen-bond acceptors (Lipinski definition) is 4. The van der Waals surface area contributed by atoms with Crippen LogP contribution in [0.15, 0.2) is 0 Å². The zero-order valence-corrected chi connectivity index (χ0v) is 12.8. The first kappa shape index (κ1) is 17.8. The van der Waals surface area contributed by atoms with Crippen LogP contribution in [0.1, 0.15) is 40.5 Å². The number of aliphatic hydroxyl groups excluding tert-OH is 1. The van der Waals surface area contributed by atoms with Crippen molar-refractivity contribution in [3.8, 4) is 0 Å². The smallest absolute Gasteiger partial charge is 0.216 e. The number of aliphatic hydroxyl groups is 1. The first-order chi connectivity index (χ1) is 8.37. The summed E-state index contributed by atoms with van der Waals surface area (Å²) in [7, 11) is -3.38. The van der Waals surface area contributed by atoms with Gasteiger partial charge in [-0.2, -0.15) is 0 Å². The van der Waals surface area contributed by atoms with Gasteiger partial charge in [0.05, 0.1) is 11.9 Å². The van der Waals surface area contributed by atoms with Gasteiger partial charge in [-0.3, -0.25) is 0 Å². The first-order valence-corrected chi connectivity index (χ1v) is 8.26. The third-order valence-corrected chi connectivity index (χ3v) is 5.10. The molecule has 18 heavy (non-hydrogen) atoms. The van der Waals surface area contributed by atoms with Crippen LogP contribution in [0.5, 0.6) is 0 Å². The van der Waals surface area contributed by atoms with E-state index in [2.05, 4.69) is 23.5 Å². The molecule has 0 fully saturated rings. The van der Waals surface area contributed by atoms with Crippen LogP contribution in [-0.4, -0.2) is 56.0 Å². The fraction of sp³-hybridized carbons (Fsp3) is 1.00. The van der Waals surface area contributed by atoms with Crippen molar-refractivity contribution < 1.29 is 13.5 Å². The highest BCUT2D eigenvalue weighted by atomic mass is 32.2. The maximum absolute atomic E-state index is 11.7. The maximum atomic E-state index is 11.7. The second-order valence-corrected chi connectivity index (χ2v) is 6.86. The Balaban J connectivity index is 4.01. The van der Waals surface area contributed by atoms with Crippen LogP contribution < -0.4 is 4.72 Å². The summed E-state index contributed by atoms with van der Waals surface area (Å²) in [5.74, 6) is 0. The Labute approximate surface area is 112 Å². The Hall–Kier alpha value is -0.170. The maximum Gasteiger partial charge on any atom is 0.216 e. The topological polar surface area (TPSA) is 69.6 Å². The Bertz CT molecular complexity index is 302. The minimum Gasteiger partial charge on any atom is -0.395 e. The largest absolute Gasteiger partial charge is 0.395 e. The number of nitrogens with one attached hydrogen (secondary N) is 1. The molecule has 0 rings (SSSR count). The minimum atomic E-state index is -3.38. The quantitative estimate of drug-likeness (QED) is 0.621. The van der Waals surface area contributed by atoms with Gasteiger partial charge in [-0.15, -0.1) is 0 Å². The summed E-state index contributed by atoms with van der Waals surface area (Å²) in [6.45, 7) is 10.3. The highest BCUT2D eigenvalue weighted by molar-refractivity contribution is 7.90. The zero-order chi connectivity index (χ0) is 14.2.